The van der Waals surface area contributed by atoms with Crippen LogP contribution in [-0.4, -0.2) is 23.6 Å². The van der Waals surface area contributed by atoms with E-state index >= 15 is 0 Å². The third-order valence-electron chi connectivity index (χ3n) is 2.44. The Hall–Kier alpha value is -3.56. The van der Waals surface area contributed by atoms with E-state index in [4.69, 9.17) is 8.83 Å². The highest BCUT2D eigenvalue weighted by molar-refractivity contribution is 6.00. The van der Waals surface area contributed by atoms with Crippen LogP contribution in [0, 0.1) is 0 Å². The second-order valence-electron chi connectivity index (χ2n) is 4.14. The predicted molar refractivity (Wildman–Crippen MR) is 73.3 cm³/mol. The molecule has 0 spiro atoms. The predicted octanol–water partition coefficient (Wildman–Crippen LogP) is -0.515. The Labute approximate surface area is 129 Å². The molecule has 2 rings (SSSR count). The van der Waals surface area contributed by atoms with Crippen molar-refractivity contribution < 1.29 is 28.0 Å². The van der Waals surface area contributed by atoms with Crippen LogP contribution in [0.25, 0.3) is 0 Å². The topological polar surface area (TPSA) is 143 Å². The first kappa shape index (κ1) is 15.8. The van der Waals surface area contributed by atoms with Crippen LogP contribution in [0.2, 0.25) is 0 Å². The van der Waals surface area contributed by atoms with Gasteiger partial charge < -0.3 is 8.83 Å². The van der Waals surface area contributed by atoms with Crippen LogP contribution < -0.4 is 21.7 Å². The average Bonchev–Trinajstić information content (AvgIpc) is 3.22. The molecule has 0 bridgehead atoms. The fourth-order valence-electron chi connectivity index (χ4n) is 1.43. The van der Waals surface area contributed by atoms with Crippen LogP contribution in [0.4, 0.5) is 0 Å². The van der Waals surface area contributed by atoms with E-state index in [9.17, 15) is 19.2 Å². The number of hydrogen-bond donors (Lipinski definition) is 4. The lowest BCUT2D eigenvalue weighted by Gasteiger charge is -2.07. The molecule has 120 valence electrons. The van der Waals surface area contributed by atoms with Gasteiger partial charge in [-0.2, -0.15) is 0 Å². The number of rotatable bonds is 4. The molecule has 0 atom stereocenters. The average molecular weight is 320 g/mol. The van der Waals surface area contributed by atoms with E-state index in [1.807, 2.05) is 10.9 Å². The van der Waals surface area contributed by atoms with E-state index in [0.717, 1.165) is 0 Å². The first-order valence-electron chi connectivity index (χ1n) is 6.31. The summed E-state index contributed by atoms with van der Waals surface area (Å²) in [6.07, 6.45) is 1.98. The normalized spacial score (nSPS) is 9.74. The lowest BCUT2D eigenvalue weighted by molar-refractivity contribution is -0.130. The van der Waals surface area contributed by atoms with Gasteiger partial charge in [-0.25, -0.2) is 0 Å². The van der Waals surface area contributed by atoms with Gasteiger partial charge in [-0.05, 0) is 24.3 Å². The van der Waals surface area contributed by atoms with Crippen LogP contribution in [0.15, 0.2) is 45.6 Å². The SMILES string of the molecule is O=C(CC(=O)NNC(=O)c1ccco1)NNC(=O)c1ccco1. The number of amides is 4. The third-order valence-corrected chi connectivity index (χ3v) is 2.44. The number of hydrazine groups is 2. The Kier molecular flexibility index (Phi) is 5.12. The summed E-state index contributed by atoms with van der Waals surface area (Å²) in [5.74, 6) is -2.91. The molecule has 4 amide bonds. The van der Waals surface area contributed by atoms with Crippen LogP contribution in [-0.2, 0) is 9.59 Å². The molecule has 0 aliphatic rings. The lowest BCUT2D eigenvalue weighted by Crippen LogP contribution is -2.46. The molecule has 10 heteroatoms. The molecule has 0 unspecified atom stereocenters. The summed E-state index contributed by atoms with van der Waals surface area (Å²) in [5.41, 5.74) is 8.18. The third kappa shape index (κ3) is 4.74. The van der Waals surface area contributed by atoms with Crippen molar-refractivity contribution in [2.45, 2.75) is 6.42 Å². The molecular weight excluding hydrogens is 308 g/mol. The molecule has 0 aliphatic carbocycles. The van der Waals surface area contributed by atoms with Crippen molar-refractivity contribution >= 4 is 23.6 Å². The van der Waals surface area contributed by atoms with E-state index < -0.39 is 30.0 Å². The van der Waals surface area contributed by atoms with Crippen LogP contribution in [0.3, 0.4) is 0 Å². The van der Waals surface area contributed by atoms with Crippen molar-refractivity contribution in [3.8, 4) is 0 Å². The van der Waals surface area contributed by atoms with Crippen LogP contribution in [0.1, 0.15) is 27.5 Å². The first-order valence-corrected chi connectivity index (χ1v) is 6.31. The molecule has 0 aromatic carbocycles. The molecule has 0 radical (unpaired) electrons. The smallest absolute Gasteiger partial charge is 0.305 e. The molecule has 0 fully saturated rings. The summed E-state index contributed by atoms with van der Waals surface area (Å²) in [4.78, 5) is 45.8. The maximum Gasteiger partial charge on any atom is 0.305 e. The van der Waals surface area contributed by atoms with Gasteiger partial charge in [-0.3, -0.25) is 40.9 Å². The van der Waals surface area contributed by atoms with Crippen molar-refractivity contribution in [3.05, 3.63) is 48.3 Å². The highest BCUT2D eigenvalue weighted by Crippen LogP contribution is 1.99. The minimum atomic E-state index is -0.783. The molecule has 0 aliphatic heterocycles. The summed E-state index contributed by atoms with van der Waals surface area (Å²) < 4.78 is 9.62. The van der Waals surface area contributed by atoms with Gasteiger partial charge in [0.05, 0.1) is 12.5 Å². The van der Waals surface area contributed by atoms with Crippen molar-refractivity contribution in [3.63, 3.8) is 0 Å². The van der Waals surface area contributed by atoms with E-state index in [-0.39, 0.29) is 11.5 Å². The number of carbonyl (C=O) groups is 4. The van der Waals surface area contributed by atoms with Crippen molar-refractivity contribution in [2.24, 2.45) is 0 Å². The number of nitrogens with one attached hydrogen (secondary N) is 4. The number of carbonyl (C=O) groups excluding carboxylic acids is 4. The van der Waals surface area contributed by atoms with E-state index in [0.29, 0.717) is 0 Å². The highest BCUT2D eigenvalue weighted by Gasteiger charge is 2.14. The van der Waals surface area contributed by atoms with Gasteiger partial charge in [0.2, 0.25) is 11.8 Å². The molecule has 2 aromatic rings. The Morgan fingerprint density at radius 1 is 0.739 bits per heavy atom. The maximum atomic E-state index is 11.5. The summed E-state index contributed by atoms with van der Waals surface area (Å²) in [6, 6.07) is 5.81. The summed E-state index contributed by atoms with van der Waals surface area (Å²) in [7, 11) is 0. The van der Waals surface area contributed by atoms with Gasteiger partial charge in [-0.1, -0.05) is 0 Å². The minimum absolute atomic E-state index is 0.000428. The van der Waals surface area contributed by atoms with Crippen molar-refractivity contribution in [2.75, 3.05) is 0 Å². The lowest BCUT2D eigenvalue weighted by atomic mass is 10.4. The zero-order valence-electron chi connectivity index (χ0n) is 11.6. The fourth-order valence-corrected chi connectivity index (χ4v) is 1.43. The molecule has 23 heavy (non-hydrogen) atoms. The Morgan fingerprint density at radius 2 is 1.17 bits per heavy atom. The first-order chi connectivity index (χ1) is 11.1. The molecule has 0 saturated carbocycles. The summed E-state index contributed by atoms with van der Waals surface area (Å²) >= 11 is 0. The van der Waals surface area contributed by atoms with E-state index in [2.05, 4.69) is 10.9 Å². The number of furan rings is 2. The van der Waals surface area contributed by atoms with Gasteiger partial charge >= 0.3 is 11.8 Å². The summed E-state index contributed by atoms with van der Waals surface area (Å²) in [6.45, 7) is 0. The Bertz CT molecular complexity index is 632. The van der Waals surface area contributed by atoms with E-state index in [1.54, 1.807) is 0 Å². The summed E-state index contributed by atoms with van der Waals surface area (Å²) in [5, 5.41) is 0. The standard InChI is InChI=1S/C13H12N4O6/c18-10(14-16-12(20)8-3-1-5-22-8)7-11(19)15-17-13(21)9-4-2-6-23-9/h1-6H,7H2,(H,14,18)(H,15,19)(H,16,20)(H,17,21). The zero-order chi connectivity index (χ0) is 16.7. The minimum Gasteiger partial charge on any atom is -0.459 e. The quantitative estimate of drug-likeness (QED) is 0.441. The van der Waals surface area contributed by atoms with Crippen LogP contribution in [0.5, 0.6) is 0 Å². The molecule has 10 nitrogen and oxygen atoms in total. The Morgan fingerprint density at radius 3 is 1.52 bits per heavy atom. The van der Waals surface area contributed by atoms with Gasteiger partial charge in [-0.15, -0.1) is 0 Å². The van der Waals surface area contributed by atoms with E-state index in [1.165, 1.54) is 36.8 Å². The molecular formula is C13H12N4O6. The molecule has 0 saturated heterocycles. The molecule has 2 aromatic heterocycles. The van der Waals surface area contributed by atoms with Gasteiger partial charge in [0.1, 0.15) is 6.42 Å². The highest BCUT2D eigenvalue weighted by atomic mass is 16.3. The second-order valence-corrected chi connectivity index (χ2v) is 4.14. The fraction of sp³-hybridized carbons (Fsp3) is 0.0769. The Balaban J connectivity index is 1.67. The maximum absolute atomic E-state index is 11.5. The van der Waals surface area contributed by atoms with Gasteiger partial charge in [0, 0.05) is 0 Å². The largest absolute Gasteiger partial charge is 0.459 e. The molecule has 4 N–H and O–H groups in total. The van der Waals surface area contributed by atoms with Crippen molar-refractivity contribution in [1.29, 1.82) is 0 Å². The monoisotopic (exact) mass is 320 g/mol. The zero-order valence-corrected chi connectivity index (χ0v) is 11.6. The van der Waals surface area contributed by atoms with Gasteiger partial charge in [0.25, 0.3) is 0 Å². The number of hydrogen-bond acceptors (Lipinski definition) is 6. The molecule has 2 heterocycles. The van der Waals surface area contributed by atoms with Crippen LogP contribution >= 0.6 is 0 Å². The van der Waals surface area contributed by atoms with Crippen molar-refractivity contribution in [1.82, 2.24) is 21.7 Å². The van der Waals surface area contributed by atoms with Gasteiger partial charge in [0.15, 0.2) is 11.5 Å². The second kappa shape index (κ2) is 7.45.